The summed E-state index contributed by atoms with van der Waals surface area (Å²) in [7, 11) is 0. The van der Waals surface area contributed by atoms with Crippen molar-refractivity contribution in [1.29, 1.82) is 0 Å². The van der Waals surface area contributed by atoms with Crippen molar-refractivity contribution < 1.29 is 29.9 Å². The lowest BCUT2D eigenvalue weighted by Crippen LogP contribution is -2.59. The van der Waals surface area contributed by atoms with E-state index in [1.54, 1.807) is 0 Å². The third-order valence-corrected chi connectivity index (χ3v) is 3.68. The molecule has 1 fully saturated rings. The first kappa shape index (κ1) is 17.8. The van der Waals surface area contributed by atoms with E-state index < -0.39 is 37.3 Å². The Kier molecular flexibility index (Phi) is 7.94. The van der Waals surface area contributed by atoms with Crippen LogP contribution in [0.4, 0.5) is 0 Å². The van der Waals surface area contributed by atoms with Crippen LogP contribution < -0.4 is 0 Å². The largest absolute Gasteiger partial charge is 0.394 e. The average Bonchev–Trinajstić information content (AvgIpc) is 2.44. The summed E-state index contributed by atoms with van der Waals surface area (Å²) in [5.41, 5.74) is 0. The lowest BCUT2D eigenvalue weighted by atomic mass is 9.99. The first-order chi connectivity index (χ1) is 9.51. The second-order valence-corrected chi connectivity index (χ2v) is 5.49. The SMILES string of the molecule is CCCCCC[C@@H](C)O[C@@H]1O[C@H](CO)[C@@H](O)[C@H](O)[C@H]1O. The molecule has 6 heteroatoms. The molecule has 20 heavy (non-hydrogen) atoms. The van der Waals surface area contributed by atoms with Crippen LogP contribution in [0.1, 0.15) is 46.0 Å². The Balaban J connectivity index is 2.40. The van der Waals surface area contributed by atoms with E-state index >= 15 is 0 Å². The second-order valence-electron chi connectivity index (χ2n) is 5.49. The van der Waals surface area contributed by atoms with Crippen LogP contribution in [-0.2, 0) is 9.47 Å². The summed E-state index contributed by atoms with van der Waals surface area (Å²) in [6.45, 7) is 3.59. The monoisotopic (exact) mass is 292 g/mol. The van der Waals surface area contributed by atoms with Crippen molar-refractivity contribution in [2.24, 2.45) is 0 Å². The Morgan fingerprint density at radius 2 is 1.75 bits per heavy atom. The van der Waals surface area contributed by atoms with Crippen LogP contribution in [0.2, 0.25) is 0 Å². The molecule has 1 saturated heterocycles. The predicted octanol–water partition coefficient (Wildman–Crippen LogP) is 0.162. The summed E-state index contributed by atoms with van der Waals surface area (Å²) in [6.07, 6.45) is -0.709. The van der Waals surface area contributed by atoms with Crippen LogP contribution in [0.5, 0.6) is 0 Å². The van der Waals surface area contributed by atoms with Crippen LogP contribution in [0.25, 0.3) is 0 Å². The van der Waals surface area contributed by atoms with E-state index in [-0.39, 0.29) is 6.10 Å². The van der Waals surface area contributed by atoms with Gasteiger partial charge in [-0.25, -0.2) is 0 Å². The van der Waals surface area contributed by atoms with Gasteiger partial charge in [-0.1, -0.05) is 32.6 Å². The lowest BCUT2D eigenvalue weighted by Gasteiger charge is -2.40. The predicted molar refractivity (Wildman–Crippen MR) is 73.1 cm³/mol. The zero-order chi connectivity index (χ0) is 15.1. The molecule has 4 N–H and O–H groups in total. The van der Waals surface area contributed by atoms with E-state index in [0.29, 0.717) is 0 Å². The maximum absolute atomic E-state index is 9.84. The molecule has 1 aliphatic heterocycles. The highest BCUT2D eigenvalue weighted by Crippen LogP contribution is 2.23. The van der Waals surface area contributed by atoms with Crippen molar-refractivity contribution in [2.75, 3.05) is 6.61 Å². The molecule has 0 aromatic carbocycles. The number of hydrogen-bond donors (Lipinski definition) is 4. The van der Waals surface area contributed by atoms with Gasteiger partial charge in [0, 0.05) is 0 Å². The van der Waals surface area contributed by atoms with Gasteiger partial charge < -0.3 is 29.9 Å². The molecule has 120 valence electrons. The molecule has 1 aliphatic rings. The molecule has 6 nitrogen and oxygen atoms in total. The van der Waals surface area contributed by atoms with Gasteiger partial charge in [-0.05, 0) is 13.3 Å². The van der Waals surface area contributed by atoms with Crippen LogP contribution in [0.3, 0.4) is 0 Å². The van der Waals surface area contributed by atoms with Gasteiger partial charge in [-0.15, -0.1) is 0 Å². The molecule has 0 aromatic heterocycles. The van der Waals surface area contributed by atoms with Crippen molar-refractivity contribution in [3.05, 3.63) is 0 Å². The smallest absolute Gasteiger partial charge is 0.186 e. The van der Waals surface area contributed by atoms with E-state index in [2.05, 4.69) is 6.92 Å². The number of aliphatic hydroxyl groups excluding tert-OH is 4. The molecule has 1 rings (SSSR count). The third-order valence-electron chi connectivity index (χ3n) is 3.68. The Morgan fingerprint density at radius 1 is 1.05 bits per heavy atom. The Morgan fingerprint density at radius 3 is 2.35 bits per heavy atom. The van der Waals surface area contributed by atoms with Gasteiger partial charge in [0.15, 0.2) is 6.29 Å². The highest BCUT2D eigenvalue weighted by atomic mass is 16.7. The van der Waals surface area contributed by atoms with Crippen LogP contribution in [0.15, 0.2) is 0 Å². The van der Waals surface area contributed by atoms with Crippen LogP contribution in [0, 0.1) is 0 Å². The molecule has 0 radical (unpaired) electrons. The molecular weight excluding hydrogens is 264 g/mol. The van der Waals surface area contributed by atoms with Crippen molar-refractivity contribution >= 4 is 0 Å². The fourth-order valence-electron chi connectivity index (χ4n) is 2.34. The van der Waals surface area contributed by atoms with E-state index in [0.717, 1.165) is 19.3 Å². The Labute approximate surface area is 120 Å². The topological polar surface area (TPSA) is 99.4 Å². The highest BCUT2D eigenvalue weighted by molar-refractivity contribution is 4.89. The van der Waals surface area contributed by atoms with E-state index in [1.807, 2.05) is 6.92 Å². The summed E-state index contributed by atoms with van der Waals surface area (Å²) in [5, 5.41) is 38.2. The molecule has 0 saturated carbocycles. The van der Waals surface area contributed by atoms with Crippen molar-refractivity contribution in [3.63, 3.8) is 0 Å². The number of rotatable bonds is 8. The minimum atomic E-state index is -1.38. The maximum Gasteiger partial charge on any atom is 0.186 e. The number of hydrogen-bond acceptors (Lipinski definition) is 6. The summed E-state index contributed by atoms with van der Waals surface area (Å²) in [6, 6.07) is 0. The highest BCUT2D eigenvalue weighted by Gasteiger charge is 2.44. The maximum atomic E-state index is 9.84. The van der Waals surface area contributed by atoms with Gasteiger partial charge in [0.25, 0.3) is 0 Å². The molecule has 1 heterocycles. The van der Waals surface area contributed by atoms with Crippen molar-refractivity contribution in [2.45, 2.75) is 82.8 Å². The first-order valence-corrected chi connectivity index (χ1v) is 7.47. The average molecular weight is 292 g/mol. The van der Waals surface area contributed by atoms with Crippen molar-refractivity contribution in [3.8, 4) is 0 Å². The summed E-state index contributed by atoms with van der Waals surface area (Å²) < 4.78 is 10.9. The Bertz CT molecular complexity index is 260. The van der Waals surface area contributed by atoms with Gasteiger partial charge in [-0.3, -0.25) is 0 Å². The minimum Gasteiger partial charge on any atom is -0.394 e. The van der Waals surface area contributed by atoms with Crippen LogP contribution in [-0.4, -0.2) is 63.8 Å². The number of unbranched alkanes of at least 4 members (excludes halogenated alkanes) is 3. The van der Waals surface area contributed by atoms with Gasteiger partial charge in [0.05, 0.1) is 12.7 Å². The molecule has 0 amide bonds. The van der Waals surface area contributed by atoms with E-state index in [1.165, 1.54) is 12.8 Å². The normalized spacial score (nSPS) is 36.0. The first-order valence-electron chi connectivity index (χ1n) is 7.47. The fourth-order valence-corrected chi connectivity index (χ4v) is 2.34. The minimum absolute atomic E-state index is 0.117. The van der Waals surface area contributed by atoms with Gasteiger partial charge in [0.2, 0.25) is 0 Å². The van der Waals surface area contributed by atoms with Gasteiger partial charge in [0.1, 0.15) is 24.4 Å². The van der Waals surface area contributed by atoms with Gasteiger partial charge >= 0.3 is 0 Å². The third kappa shape index (κ3) is 4.95. The van der Waals surface area contributed by atoms with Gasteiger partial charge in [-0.2, -0.15) is 0 Å². The molecule has 6 atom stereocenters. The molecule has 0 aliphatic carbocycles. The Hall–Kier alpha value is -0.240. The zero-order valence-corrected chi connectivity index (χ0v) is 12.3. The molecule has 0 unspecified atom stereocenters. The lowest BCUT2D eigenvalue weighted by molar-refractivity contribution is -0.310. The molecule has 0 spiro atoms. The standard InChI is InChI=1S/C14H28O6/c1-3-4-5-6-7-9(2)19-14-13(18)12(17)11(16)10(8-15)20-14/h9-18H,3-8H2,1-2H3/t9-,10-,11-,12+,13-,14-/m1/s1. The van der Waals surface area contributed by atoms with E-state index in [9.17, 15) is 15.3 Å². The summed E-state index contributed by atoms with van der Waals surface area (Å²) >= 11 is 0. The van der Waals surface area contributed by atoms with Crippen molar-refractivity contribution in [1.82, 2.24) is 0 Å². The summed E-state index contributed by atoms with van der Waals surface area (Å²) in [5.74, 6) is 0. The second kappa shape index (κ2) is 8.92. The molecule has 0 aromatic rings. The fraction of sp³-hybridized carbons (Fsp3) is 1.00. The quantitative estimate of drug-likeness (QED) is 0.476. The van der Waals surface area contributed by atoms with E-state index in [4.69, 9.17) is 14.6 Å². The number of ether oxygens (including phenoxy) is 2. The molecular formula is C14H28O6. The molecule has 0 bridgehead atoms. The summed E-state index contributed by atoms with van der Waals surface area (Å²) in [4.78, 5) is 0. The number of aliphatic hydroxyl groups is 4. The zero-order valence-electron chi connectivity index (χ0n) is 12.3. The van der Waals surface area contributed by atoms with Crippen LogP contribution >= 0.6 is 0 Å².